The minimum absolute atomic E-state index is 0.453. The fraction of sp³-hybridized carbons (Fsp3) is 1.00. The Kier molecular flexibility index (Phi) is 4.70. The topological polar surface area (TPSA) is 21.7 Å². The summed E-state index contributed by atoms with van der Waals surface area (Å²) in [6.45, 7) is 9.34. The molecule has 1 aliphatic heterocycles. The molecule has 0 aromatic heterocycles. The monoisotopic (exact) mass is 187 g/mol. The van der Waals surface area contributed by atoms with Crippen LogP contribution in [-0.4, -0.2) is 51.0 Å². The lowest BCUT2D eigenvalue weighted by molar-refractivity contribution is -0.0698. The van der Waals surface area contributed by atoms with Crippen molar-refractivity contribution in [1.82, 2.24) is 4.90 Å². The van der Waals surface area contributed by atoms with Crippen molar-refractivity contribution in [2.75, 3.05) is 40.0 Å². The zero-order valence-electron chi connectivity index (χ0n) is 8.95. The highest BCUT2D eigenvalue weighted by molar-refractivity contribution is 4.80. The number of likely N-dealkylation sites (tertiary alicyclic amines) is 1. The van der Waals surface area contributed by atoms with Crippen LogP contribution in [0.5, 0.6) is 0 Å². The van der Waals surface area contributed by atoms with Crippen LogP contribution >= 0.6 is 0 Å². The van der Waals surface area contributed by atoms with E-state index >= 15 is 0 Å². The first-order valence-electron chi connectivity index (χ1n) is 5.05. The summed E-state index contributed by atoms with van der Waals surface area (Å²) in [5.41, 5.74) is 0. The van der Waals surface area contributed by atoms with Crippen LogP contribution in [0.25, 0.3) is 0 Å². The number of hydrogen-bond acceptors (Lipinski definition) is 3. The van der Waals surface area contributed by atoms with Gasteiger partial charge in [0.25, 0.3) is 0 Å². The van der Waals surface area contributed by atoms with Gasteiger partial charge < -0.3 is 9.47 Å². The minimum atomic E-state index is 0.453. The van der Waals surface area contributed by atoms with Crippen molar-refractivity contribution in [1.29, 1.82) is 0 Å². The first kappa shape index (κ1) is 11.0. The Morgan fingerprint density at radius 3 is 2.54 bits per heavy atom. The second-order valence-corrected chi connectivity index (χ2v) is 4.10. The van der Waals surface area contributed by atoms with E-state index in [2.05, 4.69) is 18.7 Å². The molecule has 1 saturated heterocycles. The van der Waals surface area contributed by atoms with E-state index in [9.17, 15) is 0 Å². The van der Waals surface area contributed by atoms with Crippen LogP contribution in [-0.2, 0) is 9.47 Å². The smallest absolute Gasteiger partial charge is 0.0829 e. The fourth-order valence-corrected chi connectivity index (χ4v) is 1.59. The zero-order valence-corrected chi connectivity index (χ0v) is 8.95. The predicted octanol–water partition coefficient (Wildman–Crippen LogP) is 0.990. The van der Waals surface area contributed by atoms with Gasteiger partial charge in [-0.3, -0.25) is 4.90 Å². The highest BCUT2D eigenvalue weighted by Gasteiger charge is 2.27. The van der Waals surface area contributed by atoms with E-state index in [0.29, 0.717) is 12.7 Å². The van der Waals surface area contributed by atoms with Crippen LogP contribution in [0, 0.1) is 5.92 Å². The van der Waals surface area contributed by atoms with Gasteiger partial charge in [0.2, 0.25) is 0 Å². The summed E-state index contributed by atoms with van der Waals surface area (Å²) in [6, 6.07) is 0. The molecule has 3 nitrogen and oxygen atoms in total. The molecule has 0 unspecified atom stereocenters. The van der Waals surface area contributed by atoms with Crippen molar-refractivity contribution in [2.24, 2.45) is 5.92 Å². The maximum absolute atomic E-state index is 5.56. The van der Waals surface area contributed by atoms with E-state index in [-0.39, 0.29) is 0 Å². The molecule has 1 rings (SSSR count). The Bertz CT molecular complexity index is 133. The molecule has 3 heteroatoms. The fourth-order valence-electron chi connectivity index (χ4n) is 1.59. The van der Waals surface area contributed by atoms with Gasteiger partial charge >= 0.3 is 0 Å². The van der Waals surface area contributed by atoms with Crippen molar-refractivity contribution in [3.63, 3.8) is 0 Å². The van der Waals surface area contributed by atoms with Crippen LogP contribution in [0.3, 0.4) is 0 Å². The Balaban J connectivity index is 1.92. The number of hydrogen-bond donors (Lipinski definition) is 0. The molecule has 0 amide bonds. The van der Waals surface area contributed by atoms with Crippen molar-refractivity contribution in [3.8, 4) is 0 Å². The summed E-state index contributed by atoms with van der Waals surface area (Å²) in [6.07, 6.45) is 0.453. The molecular formula is C10H21NO2. The third-order valence-corrected chi connectivity index (χ3v) is 2.19. The second-order valence-electron chi connectivity index (χ2n) is 4.10. The van der Waals surface area contributed by atoms with Gasteiger partial charge in [0.05, 0.1) is 19.3 Å². The summed E-state index contributed by atoms with van der Waals surface area (Å²) < 4.78 is 10.5. The molecular weight excluding hydrogens is 166 g/mol. The van der Waals surface area contributed by atoms with Gasteiger partial charge in [-0.1, -0.05) is 13.8 Å². The van der Waals surface area contributed by atoms with Crippen molar-refractivity contribution >= 4 is 0 Å². The molecule has 0 aliphatic carbocycles. The van der Waals surface area contributed by atoms with Gasteiger partial charge in [-0.25, -0.2) is 0 Å². The first-order valence-corrected chi connectivity index (χ1v) is 5.05. The molecule has 0 saturated carbocycles. The van der Waals surface area contributed by atoms with Gasteiger partial charge in [0.15, 0.2) is 0 Å². The summed E-state index contributed by atoms with van der Waals surface area (Å²) in [5, 5.41) is 0. The second kappa shape index (κ2) is 5.58. The number of methoxy groups -OCH3 is 1. The largest absolute Gasteiger partial charge is 0.382 e. The molecule has 0 aromatic carbocycles. The highest BCUT2D eigenvalue weighted by atomic mass is 16.5. The van der Waals surface area contributed by atoms with Crippen molar-refractivity contribution < 1.29 is 9.47 Å². The van der Waals surface area contributed by atoms with Gasteiger partial charge in [-0.15, -0.1) is 0 Å². The summed E-state index contributed by atoms with van der Waals surface area (Å²) in [5.74, 6) is 0.764. The van der Waals surface area contributed by atoms with Crippen LogP contribution < -0.4 is 0 Å². The van der Waals surface area contributed by atoms with Crippen LogP contribution in [0.2, 0.25) is 0 Å². The predicted molar refractivity (Wildman–Crippen MR) is 52.9 cm³/mol. The van der Waals surface area contributed by atoms with Gasteiger partial charge in [0, 0.05) is 26.7 Å². The Morgan fingerprint density at radius 2 is 2.00 bits per heavy atom. The van der Waals surface area contributed by atoms with Crippen LogP contribution in [0.4, 0.5) is 0 Å². The molecule has 0 radical (unpaired) electrons. The summed E-state index contributed by atoms with van der Waals surface area (Å²) in [7, 11) is 1.70. The lowest BCUT2D eigenvalue weighted by Gasteiger charge is -2.39. The number of ether oxygens (including phenoxy) is 2. The molecule has 1 fully saturated rings. The molecule has 78 valence electrons. The van der Waals surface area contributed by atoms with Crippen molar-refractivity contribution in [2.45, 2.75) is 20.0 Å². The normalized spacial score (nSPS) is 19.4. The van der Waals surface area contributed by atoms with E-state index in [1.54, 1.807) is 7.11 Å². The van der Waals surface area contributed by atoms with Gasteiger partial charge in [-0.05, 0) is 5.92 Å². The molecule has 0 atom stereocenters. The average Bonchev–Trinajstić information content (AvgIpc) is 1.99. The molecule has 0 bridgehead atoms. The lowest BCUT2D eigenvalue weighted by Crippen LogP contribution is -2.53. The molecule has 1 aliphatic rings. The maximum Gasteiger partial charge on any atom is 0.0829 e. The average molecular weight is 187 g/mol. The first-order chi connectivity index (χ1) is 6.22. The zero-order chi connectivity index (χ0) is 9.68. The van der Waals surface area contributed by atoms with E-state index in [0.717, 1.165) is 25.6 Å². The van der Waals surface area contributed by atoms with Gasteiger partial charge in [0.1, 0.15) is 0 Å². The highest BCUT2D eigenvalue weighted by Crippen LogP contribution is 2.13. The Hall–Kier alpha value is -0.120. The Labute approximate surface area is 81.0 Å². The Morgan fingerprint density at radius 1 is 1.31 bits per heavy atom. The molecule has 13 heavy (non-hydrogen) atoms. The molecule has 0 aromatic rings. The van der Waals surface area contributed by atoms with Crippen molar-refractivity contribution in [3.05, 3.63) is 0 Å². The van der Waals surface area contributed by atoms with Gasteiger partial charge in [-0.2, -0.15) is 0 Å². The van der Waals surface area contributed by atoms with E-state index in [1.807, 2.05) is 0 Å². The molecule has 0 spiro atoms. The van der Waals surface area contributed by atoms with Crippen LogP contribution in [0.1, 0.15) is 13.8 Å². The minimum Gasteiger partial charge on any atom is -0.382 e. The van der Waals surface area contributed by atoms with Crippen LogP contribution in [0.15, 0.2) is 0 Å². The quantitative estimate of drug-likeness (QED) is 0.579. The summed E-state index contributed by atoms with van der Waals surface area (Å²) in [4.78, 5) is 2.43. The van der Waals surface area contributed by atoms with E-state index in [1.165, 1.54) is 6.54 Å². The number of nitrogens with zero attached hydrogens (tertiary/aromatic N) is 1. The third-order valence-electron chi connectivity index (χ3n) is 2.19. The van der Waals surface area contributed by atoms with E-state index in [4.69, 9.17) is 9.47 Å². The standard InChI is InChI=1S/C10H21NO2/c1-9(2)6-11-7-10(8-11)13-5-4-12-3/h9-10H,4-8H2,1-3H3. The molecule has 0 N–H and O–H groups in total. The summed E-state index contributed by atoms with van der Waals surface area (Å²) >= 11 is 0. The number of rotatable bonds is 6. The maximum atomic E-state index is 5.56. The lowest BCUT2D eigenvalue weighted by atomic mass is 10.1. The van der Waals surface area contributed by atoms with E-state index < -0.39 is 0 Å². The third kappa shape index (κ3) is 4.07. The SMILES string of the molecule is COCCOC1CN(CC(C)C)C1. The molecule has 1 heterocycles.